The Hall–Kier alpha value is -3.05. The molecule has 30 heavy (non-hydrogen) atoms. The minimum Gasteiger partial charge on any atom is -0.495 e. The van der Waals surface area contributed by atoms with Gasteiger partial charge in [0.2, 0.25) is 5.75 Å². The second-order valence-electron chi connectivity index (χ2n) is 5.64. The Labute approximate surface area is 178 Å². The monoisotopic (exact) mass is 457 g/mol. The first-order valence-electron chi connectivity index (χ1n) is 8.69. The van der Waals surface area contributed by atoms with E-state index in [-0.39, 0.29) is 51.6 Å². The highest BCUT2D eigenvalue weighted by Gasteiger charge is 2.23. The Morgan fingerprint density at radius 1 is 1.17 bits per heavy atom. The molecule has 162 valence electrons. The maximum Gasteiger partial charge on any atom is 0.315 e. The third kappa shape index (κ3) is 5.51. The number of rotatable bonds is 10. The number of hydrogen-bond acceptors (Lipinski definition) is 8. The molecule has 0 radical (unpaired) electrons. The third-order valence-electron chi connectivity index (χ3n) is 3.64. The molecule has 0 amide bonds. The minimum atomic E-state index is -4.11. The highest BCUT2D eigenvalue weighted by molar-refractivity contribution is 7.89. The van der Waals surface area contributed by atoms with Crippen LogP contribution in [0.3, 0.4) is 0 Å². The number of hydrogen-bond donors (Lipinski definition) is 1. The van der Waals surface area contributed by atoms with Gasteiger partial charge in [-0.1, -0.05) is 11.6 Å². The maximum absolute atomic E-state index is 12.5. The zero-order valence-electron chi connectivity index (χ0n) is 16.4. The molecule has 1 N–H and O–H groups in total. The van der Waals surface area contributed by atoms with Gasteiger partial charge in [-0.15, -0.1) is 0 Å². The van der Waals surface area contributed by atoms with Crippen LogP contribution in [0, 0.1) is 10.1 Å². The summed E-state index contributed by atoms with van der Waals surface area (Å²) in [4.78, 5) is 12.6. The predicted octanol–water partition coefficient (Wildman–Crippen LogP) is 3.37. The molecule has 0 atom stereocenters. The van der Waals surface area contributed by atoms with Gasteiger partial charge in [0.1, 0.15) is 10.6 Å². The van der Waals surface area contributed by atoms with Gasteiger partial charge in [-0.05, 0) is 38.1 Å². The van der Waals surface area contributed by atoms with E-state index >= 15 is 0 Å². The van der Waals surface area contributed by atoms with Crippen molar-refractivity contribution in [2.45, 2.75) is 18.7 Å². The molecule has 0 spiro atoms. The number of halogens is 1. The van der Waals surface area contributed by atoms with Crippen LogP contribution in [0.1, 0.15) is 19.4 Å². The van der Waals surface area contributed by atoms with E-state index in [4.69, 9.17) is 25.8 Å². The number of nitrogens with zero attached hydrogens (tertiary/aromatic N) is 2. The summed E-state index contributed by atoms with van der Waals surface area (Å²) >= 11 is 5.87. The summed E-state index contributed by atoms with van der Waals surface area (Å²) in [5.41, 5.74) is -0.0991. The smallest absolute Gasteiger partial charge is 0.315 e. The number of hydrazone groups is 1. The van der Waals surface area contributed by atoms with Gasteiger partial charge < -0.3 is 14.2 Å². The van der Waals surface area contributed by atoms with Crippen molar-refractivity contribution in [1.82, 2.24) is 4.83 Å². The van der Waals surface area contributed by atoms with Crippen molar-refractivity contribution >= 4 is 33.5 Å². The summed E-state index contributed by atoms with van der Waals surface area (Å²) in [6, 6.07) is 6.76. The van der Waals surface area contributed by atoms with Gasteiger partial charge in [-0.3, -0.25) is 10.1 Å². The largest absolute Gasteiger partial charge is 0.495 e. The quantitative estimate of drug-likeness (QED) is 0.329. The van der Waals surface area contributed by atoms with E-state index in [2.05, 4.69) is 5.10 Å². The van der Waals surface area contributed by atoms with E-state index < -0.39 is 14.9 Å². The molecule has 0 heterocycles. The van der Waals surface area contributed by atoms with E-state index in [1.54, 1.807) is 13.8 Å². The summed E-state index contributed by atoms with van der Waals surface area (Å²) in [7, 11) is -2.79. The fraction of sp³-hybridized carbons (Fsp3) is 0.278. The molecular formula is C18H20ClN3O7S. The maximum atomic E-state index is 12.5. The lowest BCUT2D eigenvalue weighted by Gasteiger charge is -2.12. The molecule has 0 aliphatic heterocycles. The molecular weight excluding hydrogens is 438 g/mol. The fourth-order valence-corrected chi connectivity index (χ4v) is 3.68. The van der Waals surface area contributed by atoms with Gasteiger partial charge in [-0.2, -0.15) is 18.4 Å². The van der Waals surface area contributed by atoms with Crippen molar-refractivity contribution in [2.24, 2.45) is 5.10 Å². The SMILES string of the molecule is CCOc1cc(/C=N/NS(=O)(=O)c2cc(Cl)ccc2OC)cc([N+](=O)[O-])c1OCC. The standard InChI is InChI=1S/C18H20ClN3O7S/c1-4-28-16-9-12(8-14(22(23)24)18(16)29-5-2)11-20-21-30(25,26)17-10-13(19)6-7-15(17)27-3/h6-11,21H,4-5H2,1-3H3/b20-11+. The molecule has 0 aliphatic rings. The molecule has 10 nitrogen and oxygen atoms in total. The lowest BCUT2D eigenvalue weighted by atomic mass is 10.2. The Morgan fingerprint density at radius 2 is 1.87 bits per heavy atom. The van der Waals surface area contributed by atoms with E-state index in [9.17, 15) is 18.5 Å². The van der Waals surface area contributed by atoms with Crippen molar-refractivity contribution in [3.05, 3.63) is 51.0 Å². The number of benzene rings is 2. The summed E-state index contributed by atoms with van der Waals surface area (Å²) in [5, 5.41) is 15.3. The van der Waals surface area contributed by atoms with Gasteiger partial charge in [0.25, 0.3) is 10.0 Å². The molecule has 2 aromatic carbocycles. The second-order valence-corrected chi connectivity index (χ2v) is 7.70. The lowest BCUT2D eigenvalue weighted by molar-refractivity contribution is -0.385. The Balaban J connectivity index is 2.38. The Kier molecular flexibility index (Phi) is 7.84. The fourth-order valence-electron chi connectivity index (χ4n) is 2.45. The zero-order valence-corrected chi connectivity index (χ0v) is 18.0. The predicted molar refractivity (Wildman–Crippen MR) is 111 cm³/mol. The highest BCUT2D eigenvalue weighted by Crippen LogP contribution is 2.38. The summed E-state index contributed by atoms with van der Waals surface area (Å²) in [6.45, 7) is 3.86. The molecule has 0 fully saturated rings. The van der Waals surface area contributed by atoms with Gasteiger partial charge in [-0.25, -0.2) is 0 Å². The molecule has 0 bridgehead atoms. The molecule has 2 aromatic rings. The summed E-state index contributed by atoms with van der Waals surface area (Å²) in [5.74, 6) is 0.220. The average molecular weight is 458 g/mol. The third-order valence-corrected chi connectivity index (χ3v) is 5.12. The van der Waals surface area contributed by atoms with E-state index in [0.29, 0.717) is 0 Å². The Bertz CT molecular complexity index is 1060. The van der Waals surface area contributed by atoms with E-state index in [1.165, 1.54) is 37.4 Å². The van der Waals surface area contributed by atoms with Crippen LogP contribution in [0.2, 0.25) is 5.02 Å². The van der Waals surface area contributed by atoms with Crippen molar-refractivity contribution < 1.29 is 27.6 Å². The number of nitro groups is 1. The first-order valence-corrected chi connectivity index (χ1v) is 10.6. The van der Waals surface area contributed by atoms with Crippen molar-refractivity contribution in [3.8, 4) is 17.2 Å². The van der Waals surface area contributed by atoms with Gasteiger partial charge in [0, 0.05) is 16.7 Å². The lowest BCUT2D eigenvalue weighted by Crippen LogP contribution is -2.19. The van der Waals surface area contributed by atoms with Crippen LogP contribution in [-0.2, 0) is 10.0 Å². The highest BCUT2D eigenvalue weighted by atomic mass is 35.5. The normalized spacial score (nSPS) is 11.3. The van der Waals surface area contributed by atoms with Crippen LogP contribution in [0.4, 0.5) is 5.69 Å². The number of nitrogens with one attached hydrogen (secondary N) is 1. The first kappa shape index (κ1) is 23.2. The van der Waals surface area contributed by atoms with E-state index in [1.807, 2.05) is 4.83 Å². The second kappa shape index (κ2) is 10.1. The van der Waals surface area contributed by atoms with Gasteiger partial charge >= 0.3 is 5.69 Å². The molecule has 0 aliphatic carbocycles. The average Bonchev–Trinajstić information content (AvgIpc) is 2.69. The first-order chi connectivity index (χ1) is 14.2. The zero-order chi connectivity index (χ0) is 22.3. The molecule has 0 aromatic heterocycles. The molecule has 12 heteroatoms. The summed E-state index contributed by atoms with van der Waals surface area (Å²) in [6.07, 6.45) is 1.11. The van der Waals surface area contributed by atoms with Crippen molar-refractivity contribution in [2.75, 3.05) is 20.3 Å². The number of sulfonamides is 1. The van der Waals surface area contributed by atoms with Crippen LogP contribution in [-0.4, -0.2) is 39.9 Å². The van der Waals surface area contributed by atoms with Crippen LogP contribution in [0.15, 0.2) is 40.3 Å². The van der Waals surface area contributed by atoms with Crippen molar-refractivity contribution in [3.63, 3.8) is 0 Å². The molecule has 0 saturated heterocycles. The molecule has 0 unspecified atom stereocenters. The Morgan fingerprint density at radius 3 is 2.47 bits per heavy atom. The number of methoxy groups -OCH3 is 1. The van der Waals surface area contributed by atoms with Crippen LogP contribution >= 0.6 is 11.6 Å². The van der Waals surface area contributed by atoms with Crippen molar-refractivity contribution in [1.29, 1.82) is 0 Å². The molecule has 2 rings (SSSR count). The van der Waals surface area contributed by atoms with Gasteiger partial charge in [0.15, 0.2) is 5.75 Å². The molecule has 0 saturated carbocycles. The van der Waals surface area contributed by atoms with Gasteiger partial charge in [0.05, 0.1) is 31.5 Å². The number of nitro benzene ring substituents is 1. The topological polar surface area (TPSA) is 129 Å². The van der Waals surface area contributed by atoms with Crippen LogP contribution in [0.25, 0.3) is 0 Å². The van der Waals surface area contributed by atoms with Crippen LogP contribution in [0.5, 0.6) is 17.2 Å². The van der Waals surface area contributed by atoms with Crippen LogP contribution < -0.4 is 19.0 Å². The van der Waals surface area contributed by atoms with E-state index in [0.717, 1.165) is 6.21 Å². The minimum absolute atomic E-state index is 0.00857. The summed E-state index contributed by atoms with van der Waals surface area (Å²) < 4.78 is 40.8. The number of ether oxygens (including phenoxy) is 3.